The van der Waals surface area contributed by atoms with Crippen LogP contribution >= 0.6 is 0 Å². The van der Waals surface area contributed by atoms with Gasteiger partial charge < -0.3 is 15.2 Å². The summed E-state index contributed by atoms with van der Waals surface area (Å²) in [5.74, 6) is -0.554. The Bertz CT molecular complexity index is 685. The van der Waals surface area contributed by atoms with E-state index in [4.69, 9.17) is 9.84 Å². The number of carbonyl (C=O) groups is 2. The van der Waals surface area contributed by atoms with Crippen molar-refractivity contribution in [3.05, 3.63) is 60.2 Å². The van der Waals surface area contributed by atoms with Crippen molar-refractivity contribution in [2.75, 3.05) is 11.9 Å². The second-order valence-electron chi connectivity index (χ2n) is 5.48. The van der Waals surface area contributed by atoms with Crippen molar-refractivity contribution < 1.29 is 19.4 Å². The van der Waals surface area contributed by atoms with Gasteiger partial charge in [0.2, 0.25) is 5.91 Å². The van der Waals surface area contributed by atoms with E-state index in [0.29, 0.717) is 17.9 Å². The third-order valence-corrected chi connectivity index (χ3v) is 3.68. The predicted molar refractivity (Wildman–Crippen MR) is 92.3 cm³/mol. The summed E-state index contributed by atoms with van der Waals surface area (Å²) < 4.78 is 5.11. The minimum absolute atomic E-state index is 0.0823. The lowest BCUT2D eigenvalue weighted by Gasteiger charge is -2.15. The summed E-state index contributed by atoms with van der Waals surface area (Å²) in [5.41, 5.74) is 1.74. The number of carboxylic acids is 1. The molecule has 2 rings (SSSR count). The van der Waals surface area contributed by atoms with Gasteiger partial charge in [-0.2, -0.15) is 0 Å². The van der Waals surface area contributed by atoms with Crippen molar-refractivity contribution in [1.82, 2.24) is 0 Å². The second-order valence-corrected chi connectivity index (χ2v) is 5.48. The fraction of sp³-hybridized carbons (Fsp3) is 0.263. The van der Waals surface area contributed by atoms with Gasteiger partial charge in [-0.1, -0.05) is 43.3 Å². The monoisotopic (exact) mass is 327 g/mol. The Balaban J connectivity index is 1.96. The molecular weight excluding hydrogens is 306 g/mol. The van der Waals surface area contributed by atoms with E-state index in [1.807, 2.05) is 30.3 Å². The minimum Gasteiger partial charge on any atom is -0.482 e. The van der Waals surface area contributed by atoms with Crippen LogP contribution in [0.15, 0.2) is 54.6 Å². The molecule has 0 heterocycles. The van der Waals surface area contributed by atoms with Crippen molar-refractivity contribution in [1.29, 1.82) is 0 Å². The summed E-state index contributed by atoms with van der Waals surface area (Å²) in [4.78, 5) is 22.8. The van der Waals surface area contributed by atoms with Crippen molar-refractivity contribution in [3.63, 3.8) is 0 Å². The van der Waals surface area contributed by atoms with Crippen LogP contribution in [0.4, 0.5) is 5.69 Å². The molecule has 1 atom stereocenters. The molecule has 126 valence electrons. The van der Waals surface area contributed by atoms with Crippen LogP contribution < -0.4 is 10.1 Å². The maximum atomic E-state index is 12.3. The Hall–Kier alpha value is -2.82. The highest BCUT2D eigenvalue weighted by molar-refractivity contribution is 5.91. The molecule has 5 nitrogen and oxygen atoms in total. The molecule has 0 fully saturated rings. The number of aliphatic carboxylic acids is 1. The van der Waals surface area contributed by atoms with Crippen LogP contribution in [0, 0.1) is 0 Å². The van der Waals surface area contributed by atoms with E-state index in [1.54, 1.807) is 24.3 Å². The first-order valence-electron chi connectivity index (χ1n) is 7.88. The SMILES string of the molecule is CCC(CC(=O)Nc1cccc(OCC(=O)O)c1)c1ccccc1. The Morgan fingerprint density at radius 2 is 1.88 bits per heavy atom. The quantitative estimate of drug-likeness (QED) is 0.775. The molecule has 1 amide bonds. The summed E-state index contributed by atoms with van der Waals surface area (Å²) in [5, 5.41) is 11.5. The third-order valence-electron chi connectivity index (χ3n) is 3.68. The topological polar surface area (TPSA) is 75.6 Å². The largest absolute Gasteiger partial charge is 0.482 e. The molecular formula is C19H21NO4. The van der Waals surface area contributed by atoms with E-state index in [2.05, 4.69) is 12.2 Å². The summed E-state index contributed by atoms with van der Waals surface area (Å²) in [7, 11) is 0. The molecule has 5 heteroatoms. The van der Waals surface area contributed by atoms with Crippen LogP contribution in [0.5, 0.6) is 5.75 Å². The van der Waals surface area contributed by atoms with Gasteiger partial charge in [-0.25, -0.2) is 4.79 Å². The van der Waals surface area contributed by atoms with Gasteiger partial charge in [0.25, 0.3) is 0 Å². The smallest absolute Gasteiger partial charge is 0.341 e. The van der Waals surface area contributed by atoms with Gasteiger partial charge in [-0.05, 0) is 30.0 Å². The Kier molecular flexibility index (Phi) is 6.37. The number of hydrogen-bond acceptors (Lipinski definition) is 3. The van der Waals surface area contributed by atoms with Crippen LogP contribution in [-0.2, 0) is 9.59 Å². The lowest BCUT2D eigenvalue weighted by molar-refractivity contribution is -0.139. The Labute approximate surface area is 141 Å². The first-order chi connectivity index (χ1) is 11.6. The molecule has 2 aromatic rings. The van der Waals surface area contributed by atoms with Gasteiger partial charge in [0.05, 0.1) is 0 Å². The molecule has 0 radical (unpaired) electrons. The summed E-state index contributed by atoms with van der Waals surface area (Å²) >= 11 is 0. The first kappa shape index (κ1) is 17.5. The number of hydrogen-bond donors (Lipinski definition) is 2. The number of rotatable bonds is 8. The highest BCUT2D eigenvalue weighted by Gasteiger charge is 2.14. The lowest BCUT2D eigenvalue weighted by Crippen LogP contribution is -2.15. The Morgan fingerprint density at radius 3 is 2.54 bits per heavy atom. The van der Waals surface area contributed by atoms with E-state index < -0.39 is 12.6 Å². The first-order valence-corrected chi connectivity index (χ1v) is 7.88. The molecule has 2 aromatic carbocycles. The molecule has 0 aliphatic carbocycles. The maximum absolute atomic E-state index is 12.3. The molecule has 0 bridgehead atoms. The van der Waals surface area contributed by atoms with Crippen molar-refractivity contribution >= 4 is 17.6 Å². The van der Waals surface area contributed by atoms with Gasteiger partial charge in [0.15, 0.2) is 6.61 Å². The van der Waals surface area contributed by atoms with Crippen LogP contribution in [0.1, 0.15) is 31.2 Å². The van der Waals surface area contributed by atoms with Crippen LogP contribution in [0.3, 0.4) is 0 Å². The van der Waals surface area contributed by atoms with Crippen LogP contribution in [0.2, 0.25) is 0 Å². The molecule has 1 unspecified atom stereocenters. The van der Waals surface area contributed by atoms with Gasteiger partial charge in [-0.3, -0.25) is 4.79 Å². The van der Waals surface area contributed by atoms with Crippen molar-refractivity contribution in [3.8, 4) is 5.75 Å². The lowest BCUT2D eigenvalue weighted by atomic mass is 9.93. The van der Waals surface area contributed by atoms with E-state index >= 15 is 0 Å². The van der Waals surface area contributed by atoms with Crippen molar-refractivity contribution in [2.45, 2.75) is 25.7 Å². The Morgan fingerprint density at radius 1 is 1.12 bits per heavy atom. The van der Waals surface area contributed by atoms with Crippen molar-refractivity contribution in [2.24, 2.45) is 0 Å². The van der Waals surface area contributed by atoms with Gasteiger partial charge in [0, 0.05) is 18.2 Å². The zero-order chi connectivity index (χ0) is 17.4. The number of amides is 1. The fourth-order valence-electron chi connectivity index (χ4n) is 2.47. The molecule has 0 aliphatic heterocycles. The van der Waals surface area contributed by atoms with E-state index in [1.165, 1.54) is 0 Å². The van der Waals surface area contributed by atoms with E-state index in [9.17, 15) is 9.59 Å². The number of benzene rings is 2. The second kappa shape index (κ2) is 8.72. The third kappa shape index (κ3) is 5.43. The number of nitrogens with one attached hydrogen (secondary N) is 1. The number of carboxylic acid groups (broad SMARTS) is 1. The highest BCUT2D eigenvalue weighted by Crippen LogP contribution is 2.24. The van der Waals surface area contributed by atoms with E-state index in [-0.39, 0.29) is 11.8 Å². The number of anilines is 1. The summed E-state index contributed by atoms with van der Waals surface area (Å²) in [6, 6.07) is 16.7. The molecule has 0 aromatic heterocycles. The normalized spacial score (nSPS) is 11.5. The van der Waals surface area contributed by atoms with Crippen LogP contribution in [0.25, 0.3) is 0 Å². The summed E-state index contributed by atoms with van der Waals surface area (Å²) in [6.07, 6.45) is 1.26. The molecule has 0 saturated heterocycles. The van der Waals surface area contributed by atoms with Crippen LogP contribution in [-0.4, -0.2) is 23.6 Å². The van der Waals surface area contributed by atoms with E-state index in [0.717, 1.165) is 12.0 Å². The highest BCUT2D eigenvalue weighted by atomic mass is 16.5. The molecule has 24 heavy (non-hydrogen) atoms. The molecule has 0 saturated carbocycles. The number of carbonyl (C=O) groups excluding carboxylic acids is 1. The van der Waals surface area contributed by atoms with Gasteiger partial charge in [0.1, 0.15) is 5.75 Å². The standard InChI is InChI=1S/C19H21NO4/c1-2-14(15-7-4-3-5-8-15)11-18(21)20-16-9-6-10-17(12-16)24-13-19(22)23/h3-10,12,14H,2,11,13H2,1H3,(H,20,21)(H,22,23). The number of ether oxygens (including phenoxy) is 1. The zero-order valence-corrected chi connectivity index (χ0v) is 13.6. The predicted octanol–water partition coefficient (Wildman–Crippen LogP) is 3.67. The zero-order valence-electron chi connectivity index (χ0n) is 13.6. The average molecular weight is 327 g/mol. The minimum atomic E-state index is -1.04. The average Bonchev–Trinajstić information content (AvgIpc) is 2.59. The maximum Gasteiger partial charge on any atom is 0.341 e. The fourth-order valence-corrected chi connectivity index (χ4v) is 2.47. The summed E-state index contributed by atoms with van der Waals surface area (Å²) in [6.45, 7) is 1.65. The van der Waals surface area contributed by atoms with Gasteiger partial charge >= 0.3 is 5.97 Å². The molecule has 0 aliphatic rings. The molecule has 0 spiro atoms. The molecule has 2 N–H and O–H groups in total. The van der Waals surface area contributed by atoms with Gasteiger partial charge in [-0.15, -0.1) is 0 Å².